The summed E-state index contributed by atoms with van der Waals surface area (Å²) in [6.07, 6.45) is 2.79. The smallest absolute Gasteiger partial charge is 0.191 e. The highest BCUT2D eigenvalue weighted by atomic mass is 127. The Labute approximate surface area is 176 Å². The minimum Gasteiger partial charge on any atom is -0.493 e. The average Bonchev–Trinajstić information content (AvgIpc) is 3.03. The Morgan fingerprint density at radius 1 is 1.27 bits per heavy atom. The monoisotopic (exact) mass is 490 g/mol. The largest absolute Gasteiger partial charge is 0.493 e. The number of ether oxygens (including phenoxy) is 2. The molecule has 144 valence electrons. The summed E-state index contributed by atoms with van der Waals surface area (Å²) < 4.78 is 10.9. The number of methoxy groups -OCH3 is 1. The van der Waals surface area contributed by atoms with Crippen molar-refractivity contribution in [3.05, 3.63) is 39.8 Å². The first-order chi connectivity index (χ1) is 12.2. The third-order valence-corrected chi connectivity index (χ3v) is 4.48. The second-order valence-electron chi connectivity index (χ2n) is 5.39. The molecule has 0 saturated heterocycles. The Balaban J connectivity index is 0.00000338. The molecule has 1 aromatic carbocycles. The molecule has 26 heavy (non-hydrogen) atoms. The lowest BCUT2D eigenvalue weighted by atomic mass is 10.2. The fraction of sp³-hybridized carbons (Fsp3) is 0.444. The number of aromatic nitrogens is 1. The van der Waals surface area contributed by atoms with Crippen LogP contribution in [0.15, 0.2) is 29.4 Å². The topological polar surface area (TPSA) is 67.8 Å². The van der Waals surface area contributed by atoms with E-state index in [4.69, 9.17) is 9.47 Å². The molecule has 0 aliphatic heterocycles. The van der Waals surface area contributed by atoms with Crippen LogP contribution in [0, 0.1) is 6.92 Å². The number of halogens is 1. The van der Waals surface area contributed by atoms with Gasteiger partial charge in [0.1, 0.15) is 0 Å². The summed E-state index contributed by atoms with van der Waals surface area (Å²) in [5.74, 6) is 2.26. The first-order valence-electron chi connectivity index (χ1n) is 8.31. The molecule has 0 amide bonds. The molecule has 1 aromatic heterocycles. The minimum atomic E-state index is 0. The van der Waals surface area contributed by atoms with Crippen LogP contribution in [-0.2, 0) is 13.0 Å². The normalized spacial score (nSPS) is 10.8. The summed E-state index contributed by atoms with van der Waals surface area (Å²) in [5, 5.41) is 7.75. The SMILES string of the molecule is CCOc1cc(CNC(=NC)NCCc2ncc(C)s2)ccc1OC.I. The molecular weight excluding hydrogens is 463 g/mol. The van der Waals surface area contributed by atoms with Crippen molar-refractivity contribution >= 4 is 41.3 Å². The third-order valence-electron chi connectivity index (χ3n) is 3.51. The number of nitrogens with zero attached hydrogens (tertiary/aromatic N) is 2. The molecule has 0 spiro atoms. The van der Waals surface area contributed by atoms with Gasteiger partial charge in [0.2, 0.25) is 0 Å². The predicted molar refractivity (Wildman–Crippen MR) is 118 cm³/mol. The van der Waals surface area contributed by atoms with Gasteiger partial charge in [-0.25, -0.2) is 4.98 Å². The molecule has 0 saturated carbocycles. The highest BCUT2D eigenvalue weighted by Crippen LogP contribution is 2.27. The van der Waals surface area contributed by atoms with Crippen molar-refractivity contribution in [1.29, 1.82) is 0 Å². The maximum Gasteiger partial charge on any atom is 0.191 e. The lowest BCUT2D eigenvalue weighted by Crippen LogP contribution is -2.37. The van der Waals surface area contributed by atoms with Gasteiger partial charge in [0.15, 0.2) is 17.5 Å². The van der Waals surface area contributed by atoms with Crippen LogP contribution in [0.1, 0.15) is 22.4 Å². The van der Waals surface area contributed by atoms with Crippen molar-refractivity contribution in [3.63, 3.8) is 0 Å². The van der Waals surface area contributed by atoms with Crippen LogP contribution in [0.5, 0.6) is 11.5 Å². The first-order valence-corrected chi connectivity index (χ1v) is 9.13. The van der Waals surface area contributed by atoms with Crippen molar-refractivity contribution in [2.24, 2.45) is 4.99 Å². The second-order valence-corrected chi connectivity index (χ2v) is 6.70. The van der Waals surface area contributed by atoms with Gasteiger partial charge in [0.05, 0.1) is 18.7 Å². The highest BCUT2D eigenvalue weighted by Gasteiger charge is 2.06. The van der Waals surface area contributed by atoms with Crippen LogP contribution >= 0.6 is 35.3 Å². The molecule has 2 N–H and O–H groups in total. The average molecular weight is 490 g/mol. The van der Waals surface area contributed by atoms with E-state index in [0.29, 0.717) is 13.2 Å². The number of thiazole rings is 1. The van der Waals surface area contributed by atoms with E-state index >= 15 is 0 Å². The highest BCUT2D eigenvalue weighted by molar-refractivity contribution is 14.0. The number of nitrogens with one attached hydrogen (secondary N) is 2. The first kappa shape index (κ1) is 22.5. The molecule has 1 heterocycles. The van der Waals surface area contributed by atoms with E-state index in [2.05, 4.69) is 27.5 Å². The zero-order chi connectivity index (χ0) is 18.1. The summed E-state index contributed by atoms with van der Waals surface area (Å²) >= 11 is 1.73. The molecule has 8 heteroatoms. The summed E-state index contributed by atoms with van der Waals surface area (Å²) in [6, 6.07) is 5.92. The van der Waals surface area contributed by atoms with E-state index in [-0.39, 0.29) is 24.0 Å². The lowest BCUT2D eigenvalue weighted by Gasteiger charge is -2.14. The molecule has 0 unspecified atom stereocenters. The third kappa shape index (κ3) is 6.99. The van der Waals surface area contributed by atoms with E-state index in [9.17, 15) is 0 Å². The molecule has 0 radical (unpaired) electrons. The molecule has 2 aromatic rings. The Hall–Kier alpha value is -1.55. The number of hydrogen-bond donors (Lipinski definition) is 2. The molecule has 0 aliphatic carbocycles. The van der Waals surface area contributed by atoms with Gasteiger partial charge in [-0.2, -0.15) is 0 Å². The quantitative estimate of drug-likeness (QED) is 0.338. The zero-order valence-electron chi connectivity index (χ0n) is 15.7. The summed E-state index contributed by atoms with van der Waals surface area (Å²) in [7, 11) is 3.41. The van der Waals surface area contributed by atoms with E-state index in [1.54, 1.807) is 25.5 Å². The van der Waals surface area contributed by atoms with Crippen molar-refractivity contribution in [3.8, 4) is 11.5 Å². The van der Waals surface area contributed by atoms with Crippen molar-refractivity contribution in [2.75, 3.05) is 27.3 Å². The van der Waals surface area contributed by atoms with Crippen molar-refractivity contribution < 1.29 is 9.47 Å². The van der Waals surface area contributed by atoms with Gasteiger partial charge >= 0.3 is 0 Å². The van der Waals surface area contributed by atoms with Crippen LogP contribution in [0.2, 0.25) is 0 Å². The lowest BCUT2D eigenvalue weighted by molar-refractivity contribution is 0.310. The fourth-order valence-corrected chi connectivity index (χ4v) is 3.10. The standard InChI is InChI=1S/C18H26N4O2S.HI/c1-5-24-16-10-14(6-7-15(16)23-4)12-22-18(19-3)20-9-8-17-21-11-13(2)25-17;/h6-7,10-11H,5,8-9,12H2,1-4H3,(H2,19,20,22);1H. The van der Waals surface area contributed by atoms with Gasteiger partial charge in [0, 0.05) is 37.6 Å². The Kier molecular flexibility index (Phi) is 10.3. The van der Waals surface area contributed by atoms with Crippen LogP contribution in [0.25, 0.3) is 0 Å². The van der Waals surface area contributed by atoms with Gasteiger partial charge in [-0.15, -0.1) is 35.3 Å². The van der Waals surface area contributed by atoms with Crippen molar-refractivity contribution in [1.82, 2.24) is 15.6 Å². The maximum atomic E-state index is 5.61. The van der Waals surface area contributed by atoms with Gasteiger partial charge in [-0.05, 0) is 31.5 Å². The fourth-order valence-electron chi connectivity index (χ4n) is 2.31. The van der Waals surface area contributed by atoms with Gasteiger partial charge in [-0.3, -0.25) is 4.99 Å². The Morgan fingerprint density at radius 3 is 2.69 bits per heavy atom. The predicted octanol–water partition coefficient (Wildman–Crippen LogP) is 3.38. The molecule has 6 nitrogen and oxygen atoms in total. The number of aryl methyl sites for hydroxylation is 1. The maximum absolute atomic E-state index is 5.61. The summed E-state index contributed by atoms with van der Waals surface area (Å²) in [4.78, 5) is 9.86. The van der Waals surface area contributed by atoms with E-state index in [1.165, 1.54) is 4.88 Å². The van der Waals surface area contributed by atoms with E-state index < -0.39 is 0 Å². The van der Waals surface area contributed by atoms with Crippen LogP contribution < -0.4 is 20.1 Å². The zero-order valence-corrected chi connectivity index (χ0v) is 18.8. The van der Waals surface area contributed by atoms with Crippen LogP contribution in [-0.4, -0.2) is 38.3 Å². The van der Waals surface area contributed by atoms with Gasteiger partial charge in [-0.1, -0.05) is 6.07 Å². The molecule has 0 atom stereocenters. The summed E-state index contributed by atoms with van der Waals surface area (Å²) in [6.45, 7) is 6.08. The number of benzene rings is 1. The van der Waals surface area contributed by atoms with E-state index in [1.807, 2.05) is 31.3 Å². The molecule has 0 fully saturated rings. The molecule has 0 bridgehead atoms. The van der Waals surface area contributed by atoms with Crippen molar-refractivity contribution in [2.45, 2.75) is 26.8 Å². The van der Waals surface area contributed by atoms with Crippen LogP contribution in [0.3, 0.4) is 0 Å². The van der Waals surface area contributed by atoms with E-state index in [0.717, 1.165) is 41.0 Å². The number of hydrogen-bond acceptors (Lipinski definition) is 5. The van der Waals surface area contributed by atoms with Gasteiger partial charge < -0.3 is 20.1 Å². The number of guanidine groups is 1. The summed E-state index contributed by atoms with van der Waals surface area (Å²) in [5.41, 5.74) is 1.10. The Morgan fingerprint density at radius 2 is 2.08 bits per heavy atom. The van der Waals surface area contributed by atoms with Gasteiger partial charge in [0.25, 0.3) is 0 Å². The second kappa shape index (κ2) is 11.9. The molecule has 0 aliphatic rings. The molecular formula is C18H27IN4O2S. The Bertz CT molecular complexity index is 706. The number of aliphatic imine (C=N–C) groups is 1. The van der Waals surface area contributed by atoms with Crippen LogP contribution in [0.4, 0.5) is 0 Å². The molecule has 2 rings (SSSR count). The number of rotatable bonds is 8. The minimum absolute atomic E-state index is 0.